The van der Waals surface area contributed by atoms with E-state index in [2.05, 4.69) is 23.9 Å². The minimum Gasteiger partial charge on any atom is -0.471 e. The lowest BCUT2D eigenvalue weighted by atomic mass is 10.0. The highest BCUT2D eigenvalue weighted by molar-refractivity contribution is 5.81. The van der Waals surface area contributed by atoms with E-state index >= 15 is 0 Å². The van der Waals surface area contributed by atoms with Crippen LogP contribution in [0.3, 0.4) is 0 Å². The minimum atomic E-state index is 0.0556. The summed E-state index contributed by atoms with van der Waals surface area (Å²) in [4.78, 5) is 19.8. The van der Waals surface area contributed by atoms with E-state index < -0.39 is 0 Å². The first-order chi connectivity index (χ1) is 6.49. The molecule has 1 N–H and O–H groups in total. The van der Waals surface area contributed by atoms with Gasteiger partial charge in [0.2, 0.25) is 0 Å². The van der Waals surface area contributed by atoms with Crippen molar-refractivity contribution in [2.75, 3.05) is 14.2 Å². The van der Waals surface area contributed by atoms with Gasteiger partial charge in [-0.3, -0.25) is 9.59 Å². The second kappa shape index (κ2) is 10.2. The molecule has 0 aliphatic heterocycles. The van der Waals surface area contributed by atoms with Gasteiger partial charge in [-0.15, -0.1) is 0 Å². The molecule has 0 heterocycles. The molecule has 0 aliphatic rings. The molecule has 0 saturated heterocycles. The fourth-order valence-electron chi connectivity index (χ4n) is 0.958. The van der Waals surface area contributed by atoms with Gasteiger partial charge in [0.15, 0.2) is 0 Å². The second-order valence-electron chi connectivity index (χ2n) is 3.41. The van der Waals surface area contributed by atoms with Crippen LogP contribution in [0.1, 0.15) is 27.2 Å². The van der Waals surface area contributed by atoms with Crippen LogP contribution >= 0.6 is 0 Å². The number of carbonyl (C=O) groups is 2. The highest BCUT2D eigenvalue weighted by atomic mass is 16.5. The van der Waals surface area contributed by atoms with Crippen molar-refractivity contribution in [2.24, 2.45) is 5.92 Å². The summed E-state index contributed by atoms with van der Waals surface area (Å²) in [5.74, 6) is 0.817. The number of nitrogens with one attached hydrogen (secondary N) is 1. The maximum atomic E-state index is 10.8. The lowest BCUT2D eigenvalue weighted by Gasteiger charge is -2.14. The number of rotatable bonds is 5. The summed E-state index contributed by atoms with van der Waals surface area (Å²) >= 11 is 0. The fraction of sp³-hybridized carbons (Fsp3) is 0.800. The van der Waals surface area contributed by atoms with Crippen LogP contribution in [-0.4, -0.2) is 32.5 Å². The normalized spacial score (nSPS) is 11.3. The Morgan fingerprint density at radius 2 is 1.93 bits per heavy atom. The summed E-state index contributed by atoms with van der Waals surface area (Å²) in [6.07, 6.45) is 0.936. The van der Waals surface area contributed by atoms with Crippen molar-refractivity contribution in [2.45, 2.75) is 33.2 Å². The summed E-state index contributed by atoms with van der Waals surface area (Å²) < 4.78 is 3.86. The van der Waals surface area contributed by atoms with Gasteiger partial charge in [0.25, 0.3) is 6.47 Å². The molecule has 0 aliphatic carbocycles. The zero-order valence-corrected chi connectivity index (χ0v) is 9.66. The summed E-state index contributed by atoms with van der Waals surface area (Å²) in [6.45, 7) is 6.24. The third kappa shape index (κ3) is 11.1. The molecule has 4 heteroatoms. The summed E-state index contributed by atoms with van der Waals surface area (Å²) in [7, 11) is 3.14. The molecular weight excluding hydrogens is 182 g/mol. The first-order valence-corrected chi connectivity index (χ1v) is 4.63. The Morgan fingerprint density at radius 1 is 1.50 bits per heavy atom. The molecule has 0 unspecified atom stereocenters. The number of hydrogen-bond donors (Lipinski definition) is 1. The smallest absolute Gasteiger partial charge is 0.292 e. The number of likely N-dealkylation sites (N-methyl/N-ethyl adjacent to an activating group) is 1. The third-order valence-electron chi connectivity index (χ3n) is 1.64. The van der Waals surface area contributed by atoms with Crippen molar-refractivity contribution in [3.05, 3.63) is 0 Å². The Balaban J connectivity index is 0. The third-order valence-corrected chi connectivity index (χ3v) is 1.64. The van der Waals surface area contributed by atoms with Gasteiger partial charge in [-0.2, -0.15) is 0 Å². The van der Waals surface area contributed by atoms with E-state index in [9.17, 15) is 4.79 Å². The van der Waals surface area contributed by atoms with Crippen LogP contribution in [0.5, 0.6) is 0 Å². The number of ether oxygens (including phenoxy) is 1. The summed E-state index contributed by atoms with van der Waals surface area (Å²) in [5.41, 5.74) is 0. The van der Waals surface area contributed by atoms with Gasteiger partial charge in [0.05, 0.1) is 13.2 Å². The van der Waals surface area contributed by atoms with Gasteiger partial charge in [-0.1, -0.05) is 13.8 Å². The van der Waals surface area contributed by atoms with Crippen molar-refractivity contribution in [3.8, 4) is 0 Å². The van der Waals surface area contributed by atoms with E-state index in [-0.39, 0.29) is 11.8 Å². The van der Waals surface area contributed by atoms with E-state index in [1.165, 1.54) is 7.11 Å². The number of methoxy groups -OCH3 is 1. The molecule has 14 heavy (non-hydrogen) atoms. The van der Waals surface area contributed by atoms with Crippen LogP contribution in [0.2, 0.25) is 0 Å². The van der Waals surface area contributed by atoms with E-state index in [4.69, 9.17) is 4.79 Å². The molecule has 0 bridgehead atoms. The predicted octanol–water partition coefficient (Wildman–Crippen LogP) is 0.999. The maximum absolute atomic E-state index is 10.8. The molecule has 0 saturated carbocycles. The van der Waals surface area contributed by atoms with E-state index in [0.29, 0.717) is 12.4 Å². The first-order valence-electron chi connectivity index (χ1n) is 4.63. The fourth-order valence-corrected chi connectivity index (χ4v) is 0.958. The Bertz CT molecular complexity index is 157. The molecule has 0 aromatic carbocycles. The van der Waals surface area contributed by atoms with E-state index in [0.717, 1.165) is 6.42 Å². The average molecular weight is 203 g/mol. The SMILES string of the molecule is CN[C@@H](CC(C)C)C(C)=O.COC=O. The van der Waals surface area contributed by atoms with Crippen LogP contribution in [-0.2, 0) is 14.3 Å². The molecule has 4 nitrogen and oxygen atoms in total. The Morgan fingerprint density at radius 3 is 2.00 bits per heavy atom. The van der Waals surface area contributed by atoms with Crippen molar-refractivity contribution < 1.29 is 14.3 Å². The quantitative estimate of drug-likeness (QED) is 0.677. The molecule has 84 valence electrons. The predicted molar refractivity (Wildman–Crippen MR) is 56.1 cm³/mol. The largest absolute Gasteiger partial charge is 0.471 e. The maximum Gasteiger partial charge on any atom is 0.292 e. The average Bonchev–Trinajstić information content (AvgIpc) is 2.14. The van der Waals surface area contributed by atoms with Gasteiger partial charge in [0, 0.05) is 0 Å². The minimum absolute atomic E-state index is 0.0556. The molecular formula is C10H21NO3. The van der Waals surface area contributed by atoms with Crippen molar-refractivity contribution in [3.63, 3.8) is 0 Å². The van der Waals surface area contributed by atoms with Crippen molar-refractivity contribution in [1.82, 2.24) is 5.32 Å². The molecule has 0 aromatic rings. The second-order valence-corrected chi connectivity index (χ2v) is 3.41. The van der Waals surface area contributed by atoms with Gasteiger partial charge in [0.1, 0.15) is 5.78 Å². The first kappa shape index (κ1) is 15.6. The van der Waals surface area contributed by atoms with E-state index in [1.807, 2.05) is 7.05 Å². The highest BCUT2D eigenvalue weighted by Gasteiger charge is 2.12. The van der Waals surface area contributed by atoms with Gasteiger partial charge >= 0.3 is 0 Å². The van der Waals surface area contributed by atoms with Crippen molar-refractivity contribution in [1.29, 1.82) is 0 Å². The zero-order valence-electron chi connectivity index (χ0n) is 9.66. The highest BCUT2D eigenvalue weighted by Crippen LogP contribution is 2.04. The molecule has 1 atom stereocenters. The molecule has 0 rings (SSSR count). The lowest BCUT2D eigenvalue weighted by Crippen LogP contribution is -2.33. The van der Waals surface area contributed by atoms with Gasteiger partial charge < -0.3 is 10.1 Å². The zero-order chi connectivity index (χ0) is 11.6. The standard InChI is InChI=1S/C8H17NO.C2H4O2/c1-6(2)5-8(9-4)7(3)10;1-4-2-3/h6,8-9H,5H2,1-4H3;2H,1H3/t8-;/m0./s1. The van der Waals surface area contributed by atoms with Crippen LogP contribution in [0.15, 0.2) is 0 Å². The Kier molecular flexibility index (Phi) is 11.3. The number of hydrogen-bond acceptors (Lipinski definition) is 4. The molecule has 0 spiro atoms. The number of Topliss-reactive ketones (excluding diaryl/α,β-unsaturated/α-hetero) is 1. The number of carbonyl (C=O) groups excluding carboxylic acids is 2. The molecule has 0 radical (unpaired) electrons. The van der Waals surface area contributed by atoms with Crippen molar-refractivity contribution >= 4 is 12.3 Å². The van der Waals surface area contributed by atoms with Crippen LogP contribution in [0, 0.1) is 5.92 Å². The van der Waals surface area contributed by atoms with Crippen LogP contribution in [0.4, 0.5) is 0 Å². The Hall–Kier alpha value is -0.900. The molecule has 0 amide bonds. The summed E-state index contributed by atoms with van der Waals surface area (Å²) in [6, 6.07) is 0.0556. The van der Waals surface area contributed by atoms with E-state index in [1.54, 1.807) is 6.92 Å². The van der Waals surface area contributed by atoms with Gasteiger partial charge in [-0.25, -0.2) is 0 Å². The lowest BCUT2D eigenvalue weighted by molar-refractivity contribution is -0.126. The van der Waals surface area contributed by atoms with Gasteiger partial charge in [-0.05, 0) is 26.3 Å². The topological polar surface area (TPSA) is 55.4 Å². The number of ketones is 1. The monoisotopic (exact) mass is 203 g/mol. The van der Waals surface area contributed by atoms with Crippen LogP contribution < -0.4 is 5.32 Å². The Labute approximate surface area is 86.0 Å². The van der Waals surface area contributed by atoms with Crippen LogP contribution in [0.25, 0.3) is 0 Å². The summed E-state index contributed by atoms with van der Waals surface area (Å²) in [5, 5.41) is 2.98. The molecule has 0 fully saturated rings. The molecule has 0 aromatic heterocycles.